The van der Waals surface area contributed by atoms with E-state index in [1.54, 1.807) is 11.3 Å². The van der Waals surface area contributed by atoms with Crippen LogP contribution in [0.4, 0.5) is 5.13 Å². The summed E-state index contributed by atoms with van der Waals surface area (Å²) in [7, 11) is 0. The molecule has 2 N–H and O–H groups in total. The average Bonchev–Trinajstić information content (AvgIpc) is 2.82. The molecular formula is C17H31N3S. The molecule has 2 rings (SSSR count). The molecule has 1 fully saturated rings. The quantitative estimate of drug-likeness (QED) is 0.892. The summed E-state index contributed by atoms with van der Waals surface area (Å²) in [5.74, 6) is 0.824. The molecular weight excluding hydrogens is 278 g/mol. The normalized spacial score (nSPS) is 18.3. The molecule has 0 radical (unpaired) electrons. The fourth-order valence-electron chi connectivity index (χ4n) is 3.14. The Balaban J connectivity index is 2.13. The zero-order chi connectivity index (χ0) is 15.8. The fraction of sp³-hybridized carbons (Fsp3) is 0.824. The van der Waals surface area contributed by atoms with Crippen molar-refractivity contribution in [1.82, 2.24) is 4.98 Å². The Morgan fingerprint density at radius 3 is 2.10 bits per heavy atom. The SMILES string of the molecule is CC(C)(C)c1nc(N2CCC(C(C)(C)C)CC2)sc1CN. The maximum absolute atomic E-state index is 5.92. The van der Waals surface area contributed by atoms with Gasteiger partial charge in [-0.3, -0.25) is 0 Å². The third-order valence-corrected chi connectivity index (χ3v) is 5.71. The Morgan fingerprint density at radius 1 is 1.14 bits per heavy atom. The summed E-state index contributed by atoms with van der Waals surface area (Å²) in [5, 5.41) is 1.17. The predicted molar refractivity (Wildman–Crippen MR) is 93.1 cm³/mol. The topological polar surface area (TPSA) is 42.2 Å². The third-order valence-electron chi connectivity index (χ3n) is 4.57. The van der Waals surface area contributed by atoms with Crippen LogP contribution in [0.2, 0.25) is 0 Å². The van der Waals surface area contributed by atoms with Gasteiger partial charge in [0.1, 0.15) is 0 Å². The van der Waals surface area contributed by atoms with Gasteiger partial charge in [-0.05, 0) is 24.2 Å². The van der Waals surface area contributed by atoms with Gasteiger partial charge in [0.15, 0.2) is 5.13 Å². The molecule has 0 unspecified atom stereocenters. The first-order valence-electron chi connectivity index (χ1n) is 8.08. The second-order valence-electron chi connectivity index (χ2n) is 8.35. The van der Waals surface area contributed by atoms with Crippen molar-refractivity contribution < 1.29 is 0 Å². The number of nitrogens with two attached hydrogens (primary N) is 1. The van der Waals surface area contributed by atoms with Crippen LogP contribution in [0.3, 0.4) is 0 Å². The van der Waals surface area contributed by atoms with Crippen molar-refractivity contribution in [3.05, 3.63) is 10.6 Å². The van der Waals surface area contributed by atoms with E-state index in [1.165, 1.54) is 28.5 Å². The van der Waals surface area contributed by atoms with Crippen LogP contribution in [0.15, 0.2) is 0 Å². The minimum absolute atomic E-state index is 0.0766. The first-order valence-corrected chi connectivity index (χ1v) is 8.89. The molecule has 0 atom stereocenters. The Labute approximate surface area is 133 Å². The van der Waals surface area contributed by atoms with Crippen LogP contribution >= 0.6 is 11.3 Å². The number of aromatic nitrogens is 1. The smallest absolute Gasteiger partial charge is 0.185 e. The van der Waals surface area contributed by atoms with E-state index in [0.717, 1.165) is 19.0 Å². The lowest BCUT2D eigenvalue weighted by Gasteiger charge is -2.38. The first kappa shape index (κ1) is 16.8. The molecule has 1 aromatic rings. The minimum atomic E-state index is 0.0766. The summed E-state index contributed by atoms with van der Waals surface area (Å²) in [4.78, 5) is 8.63. The van der Waals surface area contributed by atoms with E-state index >= 15 is 0 Å². The van der Waals surface area contributed by atoms with Gasteiger partial charge in [-0.15, -0.1) is 11.3 Å². The molecule has 0 aromatic carbocycles. The van der Waals surface area contributed by atoms with Gasteiger partial charge in [-0.25, -0.2) is 4.98 Å². The van der Waals surface area contributed by atoms with Crippen LogP contribution in [0.25, 0.3) is 0 Å². The zero-order valence-electron chi connectivity index (χ0n) is 14.5. The van der Waals surface area contributed by atoms with Crippen molar-refractivity contribution in [2.24, 2.45) is 17.1 Å². The van der Waals surface area contributed by atoms with E-state index in [1.807, 2.05) is 0 Å². The van der Waals surface area contributed by atoms with E-state index in [9.17, 15) is 0 Å². The van der Waals surface area contributed by atoms with Gasteiger partial charge in [0.25, 0.3) is 0 Å². The molecule has 1 aromatic heterocycles. The highest BCUT2D eigenvalue weighted by Gasteiger charge is 2.31. The highest BCUT2D eigenvalue weighted by molar-refractivity contribution is 7.15. The van der Waals surface area contributed by atoms with Gasteiger partial charge in [-0.2, -0.15) is 0 Å². The van der Waals surface area contributed by atoms with Gasteiger partial charge in [0.2, 0.25) is 0 Å². The average molecular weight is 310 g/mol. The lowest BCUT2D eigenvalue weighted by Crippen LogP contribution is -2.38. The molecule has 4 heteroatoms. The van der Waals surface area contributed by atoms with Crippen LogP contribution < -0.4 is 10.6 Å². The fourth-order valence-corrected chi connectivity index (χ4v) is 4.34. The van der Waals surface area contributed by atoms with Gasteiger partial charge in [0, 0.05) is 29.9 Å². The minimum Gasteiger partial charge on any atom is -0.348 e. The Hall–Kier alpha value is -0.610. The molecule has 0 amide bonds. The second-order valence-corrected chi connectivity index (χ2v) is 9.41. The van der Waals surface area contributed by atoms with Gasteiger partial charge in [0.05, 0.1) is 5.69 Å². The maximum Gasteiger partial charge on any atom is 0.185 e. The number of piperidine rings is 1. The van der Waals surface area contributed by atoms with Crippen LogP contribution in [0.1, 0.15) is 65.0 Å². The summed E-state index contributed by atoms with van der Waals surface area (Å²) >= 11 is 1.79. The first-order chi connectivity index (χ1) is 9.63. The second kappa shape index (κ2) is 5.88. The lowest BCUT2D eigenvalue weighted by atomic mass is 9.75. The summed E-state index contributed by atoms with van der Waals surface area (Å²) in [6.45, 7) is 16.6. The summed E-state index contributed by atoms with van der Waals surface area (Å²) in [5.41, 5.74) is 7.61. The number of anilines is 1. The Morgan fingerprint density at radius 2 is 1.71 bits per heavy atom. The van der Waals surface area contributed by atoms with Crippen LogP contribution in [0.5, 0.6) is 0 Å². The van der Waals surface area contributed by atoms with E-state index in [2.05, 4.69) is 46.4 Å². The van der Waals surface area contributed by atoms with Crippen molar-refractivity contribution >= 4 is 16.5 Å². The maximum atomic E-state index is 5.92. The molecule has 1 aliphatic heterocycles. The molecule has 0 spiro atoms. The van der Waals surface area contributed by atoms with Crippen molar-refractivity contribution in [3.8, 4) is 0 Å². The van der Waals surface area contributed by atoms with E-state index in [4.69, 9.17) is 10.7 Å². The van der Waals surface area contributed by atoms with Gasteiger partial charge >= 0.3 is 0 Å². The number of hydrogen-bond donors (Lipinski definition) is 1. The summed E-state index contributed by atoms with van der Waals surface area (Å²) < 4.78 is 0. The van der Waals surface area contributed by atoms with E-state index < -0.39 is 0 Å². The van der Waals surface area contributed by atoms with E-state index in [-0.39, 0.29) is 5.41 Å². The van der Waals surface area contributed by atoms with Crippen LogP contribution in [0, 0.1) is 11.3 Å². The van der Waals surface area contributed by atoms with Crippen molar-refractivity contribution in [1.29, 1.82) is 0 Å². The van der Waals surface area contributed by atoms with Crippen LogP contribution in [-0.4, -0.2) is 18.1 Å². The van der Waals surface area contributed by atoms with Gasteiger partial charge in [-0.1, -0.05) is 41.5 Å². The third kappa shape index (κ3) is 3.78. The monoisotopic (exact) mass is 309 g/mol. The molecule has 2 heterocycles. The Kier molecular flexibility index (Phi) is 4.69. The molecule has 3 nitrogen and oxygen atoms in total. The molecule has 120 valence electrons. The van der Waals surface area contributed by atoms with Crippen molar-refractivity contribution in [2.45, 2.75) is 66.3 Å². The molecule has 0 aliphatic carbocycles. The standard InChI is InChI=1S/C17H31N3S/c1-16(2,3)12-7-9-20(10-8-12)15-19-14(17(4,5)6)13(11-18)21-15/h12H,7-11,18H2,1-6H3. The van der Waals surface area contributed by atoms with Crippen molar-refractivity contribution in [2.75, 3.05) is 18.0 Å². The number of hydrogen-bond acceptors (Lipinski definition) is 4. The summed E-state index contributed by atoms with van der Waals surface area (Å²) in [6.07, 6.45) is 2.54. The zero-order valence-corrected chi connectivity index (χ0v) is 15.3. The highest BCUT2D eigenvalue weighted by Crippen LogP contribution is 2.38. The number of rotatable bonds is 2. The highest BCUT2D eigenvalue weighted by atomic mass is 32.1. The molecule has 1 saturated heterocycles. The predicted octanol–water partition coefficient (Wildman–Crippen LogP) is 4.16. The van der Waals surface area contributed by atoms with Gasteiger partial charge < -0.3 is 10.6 Å². The molecule has 1 aliphatic rings. The number of nitrogens with zero attached hydrogens (tertiary/aromatic N) is 2. The van der Waals surface area contributed by atoms with E-state index in [0.29, 0.717) is 12.0 Å². The molecule has 21 heavy (non-hydrogen) atoms. The lowest BCUT2D eigenvalue weighted by molar-refractivity contribution is 0.199. The van der Waals surface area contributed by atoms with Crippen molar-refractivity contribution in [3.63, 3.8) is 0 Å². The Bertz CT molecular complexity index is 471. The van der Waals surface area contributed by atoms with Crippen LogP contribution in [-0.2, 0) is 12.0 Å². The molecule has 0 bridgehead atoms. The molecule has 0 saturated carbocycles. The summed E-state index contributed by atoms with van der Waals surface area (Å²) in [6, 6.07) is 0. The largest absolute Gasteiger partial charge is 0.348 e. The number of thiazole rings is 1.